The predicted octanol–water partition coefficient (Wildman–Crippen LogP) is 8.44. The Labute approximate surface area is 285 Å². The molecule has 6 rings (SSSR count). The van der Waals surface area contributed by atoms with Gasteiger partial charge < -0.3 is 28.7 Å². The summed E-state index contributed by atoms with van der Waals surface area (Å²) >= 11 is 3.51. The standard InChI is InChI=1S/C18H23BrFNO3.C18H24FNO3/c1-18(2,3)24-17(22)21-9-4-5-14(21)16-15-11(8-10-23-16)12(19)6-7-13(15)20;1-18(2,3)23-17(21)20-10-5-8-14(20)16-15-12(9-11-22-16)6-4-7-13(15)19/h6-7,14,16H,4-5,8-10H2,1-3H3;4,6-7,14,16H,5,8-11H2,1-3H3/t2*14-,16?/m00/s1. The molecule has 0 N–H and O–H groups in total. The molecule has 0 bridgehead atoms. The van der Waals surface area contributed by atoms with E-state index in [2.05, 4.69) is 15.9 Å². The lowest BCUT2D eigenvalue weighted by Gasteiger charge is -2.36. The molecular formula is C36H47BrF2N2O6. The average Bonchev–Trinajstić information content (AvgIpc) is 3.68. The second-order valence-electron chi connectivity index (χ2n) is 14.6. The van der Waals surface area contributed by atoms with Crippen molar-refractivity contribution in [1.82, 2.24) is 9.80 Å². The van der Waals surface area contributed by atoms with E-state index in [1.807, 2.05) is 47.6 Å². The van der Waals surface area contributed by atoms with Gasteiger partial charge in [0.25, 0.3) is 0 Å². The minimum atomic E-state index is -0.552. The second-order valence-corrected chi connectivity index (χ2v) is 15.4. The summed E-state index contributed by atoms with van der Waals surface area (Å²) < 4.78 is 52.6. The minimum absolute atomic E-state index is 0.166. The monoisotopic (exact) mass is 720 g/mol. The summed E-state index contributed by atoms with van der Waals surface area (Å²) in [4.78, 5) is 28.4. The highest BCUT2D eigenvalue weighted by molar-refractivity contribution is 9.10. The van der Waals surface area contributed by atoms with E-state index in [-0.39, 0.29) is 35.9 Å². The van der Waals surface area contributed by atoms with E-state index in [0.29, 0.717) is 50.3 Å². The number of ether oxygens (including phenoxy) is 4. The van der Waals surface area contributed by atoms with Gasteiger partial charge in [-0.3, -0.25) is 0 Å². The van der Waals surface area contributed by atoms with E-state index in [1.54, 1.807) is 21.9 Å². The van der Waals surface area contributed by atoms with Crippen LogP contribution in [0.15, 0.2) is 34.8 Å². The number of hydrogen-bond acceptors (Lipinski definition) is 6. The molecule has 4 aliphatic heterocycles. The minimum Gasteiger partial charge on any atom is -0.444 e. The van der Waals surface area contributed by atoms with Crippen LogP contribution < -0.4 is 0 Å². The van der Waals surface area contributed by atoms with Gasteiger partial charge in [0, 0.05) is 28.7 Å². The Morgan fingerprint density at radius 2 is 1.28 bits per heavy atom. The average molecular weight is 722 g/mol. The van der Waals surface area contributed by atoms with Gasteiger partial charge in [0.15, 0.2) is 0 Å². The van der Waals surface area contributed by atoms with Crippen LogP contribution in [0.3, 0.4) is 0 Å². The smallest absolute Gasteiger partial charge is 0.410 e. The maximum absolute atomic E-state index is 14.5. The Bertz CT molecular complexity index is 1460. The molecule has 4 aliphatic rings. The zero-order valence-electron chi connectivity index (χ0n) is 28.2. The van der Waals surface area contributed by atoms with Gasteiger partial charge in [0.1, 0.15) is 35.0 Å². The van der Waals surface area contributed by atoms with E-state index in [0.717, 1.165) is 41.3 Å². The number of carbonyl (C=O) groups excluding carboxylic acids is 2. The van der Waals surface area contributed by atoms with Gasteiger partial charge in [-0.25, -0.2) is 18.4 Å². The lowest BCUT2D eigenvalue weighted by atomic mass is 9.91. The molecule has 4 atom stereocenters. The molecular weight excluding hydrogens is 674 g/mol. The van der Waals surface area contributed by atoms with Gasteiger partial charge in [-0.1, -0.05) is 28.1 Å². The lowest BCUT2D eigenvalue weighted by Crippen LogP contribution is -2.44. The van der Waals surface area contributed by atoms with Crippen LogP contribution >= 0.6 is 15.9 Å². The van der Waals surface area contributed by atoms with Crippen LogP contribution in [0.5, 0.6) is 0 Å². The van der Waals surface area contributed by atoms with Gasteiger partial charge >= 0.3 is 12.2 Å². The second kappa shape index (κ2) is 14.4. The van der Waals surface area contributed by atoms with E-state index < -0.39 is 23.4 Å². The third-order valence-electron chi connectivity index (χ3n) is 8.83. The van der Waals surface area contributed by atoms with Crippen LogP contribution in [0, 0.1) is 11.6 Å². The molecule has 258 valence electrons. The largest absolute Gasteiger partial charge is 0.444 e. The molecule has 2 aromatic carbocycles. The van der Waals surface area contributed by atoms with Crippen molar-refractivity contribution in [3.05, 3.63) is 68.7 Å². The molecule has 4 heterocycles. The summed E-state index contributed by atoms with van der Waals surface area (Å²) in [6.07, 6.45) is 3.18. The Morgan fingerprint density at radius 1 is 0.766 bits per heavy atom. The Morgan fingerprint density at radius 3 is 1.83 bits per heavy atom. The van der Waals surface area contributed by atoms with Crippen molar-refractivity contribution in [3.63, 3.8) is 0 Å². The summed E-state index contributed by atoms with van der Waals surface area (Å²) in [5.41, 5.74) is 2.03. The van der Waals surface area contributed by atoms with Crippen molar-refractivity contribution in [1.29, 1.82) is 0 Å². The SMILES string of the molecule is CC(C)(C)OC(=O)N1CCC[C@H]1C1OCCc2c(Br)ccc(F)c21.CC(C)(C)OC(=O)N1CCC[C@H]1C1OCCc2cccc(F)c21. The molecule has 2 aromatic rings. The summed E-state index contributed by atoms with van der Waals surface area (Å²) in [7, 11) is 0. The van der Waals surface area contributed by atoms with Crippen molar-refractivity contribution in [3.8, 4) is 0 Å². The summed E-state index contributed by atoms with van der Waals surface area (Å²) in [6, 6.07) is 7.97. The molecule has 11 heteroatoms. The Hall–Kier alpha value is -2.76. The van der Waals surface area contributed by atoms with E-state index >= 15 is 0 Å². The lowest BCUT2D eigenvalue weighted by molar-refractivity contribution is -0.0283. The van der Waals surface area contributed by atoms with Crippen LogP contribution in [0.2, 0.25) is 0 Å². The summed E-state index contributed by atoms with van der Waals surface area (Å²) in [5, 5.41) is 0. The first-order valence-corrected chi connectivity index (χ1v) is 17.4. The number of likely N-dealkylation sites (tertiary alicyclic amines) is 2. The van der Waals surface area contributed by atoms with E-state index in [9.17, 15) is 18.4 Å². The number of nitrogens with zero attached hydrogens (tertiary/aromatic N) is 2. The van der Waals surface area contributed by atoms with Crippen molar-refractivity contribution in [2.45, 2.75) is 116 Å². The third-order valence-corrected chi connectivity index (χ3v) is 9.57. The maximum atomic E-state index is 14.5. The number of carbonyl (C=O) groups is 2. The molecule has 2 unspecified atom stereocenters. The van der Waals surface area contributed by atoms with Gasteiger partial charge in [-0.15, -0.1) is 0 Å². The highest BCUT2D eigenvalue weighted by atomic mass is 79.9. The molecule has 0 radical (unpaired) electrons. The number of hydrogen-bond donors (Lipinski definition) is 0. The molecule has 0 saturated carbocycles. The van der Waals surface area contributed by atoms with E-state index in [1.165, 1.54) is 12.1 Å². The van der Waals surface area contributed by atoms with Crippen LogP contribution in [-0.2, 0) is 31.8 Å². The molecule has 47 heavy (non-hydrogen) atoms. The summed E-state index contributed by atoms with van der Waals surface area (Å²) in [5.74, 6) is -0.517. The maximum Gasteiger partial charge on any atom is 0.410 e. The molecule has 2 fully saturated rings. The first-order chi connectivity index (χ1) is 22.1. The number of amides is 2. The van der Waals surface area contributed by atoms with Gasteiger partial charge in [-0.2, -0.15) is 0 Å². The normalized spacial score (nSPS) is 24.2. The van der Waals surface area contributed by atoms with Crippen molar-refractivity contribution in [2.24, 2.45) is 0 Å². The Kier molecular flexibility index (Phi) is 10.9. The molecule has 0 aliphatic carbocycles. The van der Waals surface area contributed by atoms with Crippen LogP contribution in [0.25, 0.3) is 0 Å². The molecule has 2 amide bonds. The fourth-order valence-electron chi connectivity index (χ4n) is 6.96. The molecule has 8 nitrogen and oxygen atoms in total. The molecule has 0 aromatic heterocycles. The zero-order valence-corrected chi connectivity index (χ0v) is 29.8. The fourth-order valence-corrected chi connectivity index (χ4v) is 7.50. The first kappa shape index (κ1) is 35.5. The van der Waals surface area contributed by atoms with Crippen molar-refractivity contribution < 1.29 is 37.3 Å². The predicted molar refractivity (Wildman–Crippen MR) is 177 cm³/mol. The number of fused-ring (bicyclic) bond motifs is 2. The first-order valence-electron chi connectivity index (χ1n) is 16.6. The van der Waals surface area contributed by atoms with Crippen LogP contribution in [-0.4, -0.2) is 71.6 Å². The molecule has 2 saturated heterocycles. The topological polar surface area (TPSA) is 77.5 Å². The number of rotatable bonds is 2. The van der Waals surface area contributed by atoms with Crippen molar-refractivity contribution in [2.75, 3.05) is 26.3 Å². The number of halogens is 3. The van der Waals surface area contributed by atoms with Gasteiger partial charge in [-0.05, 0) is 109 Å². The van der Waals surface area contributed by atoms with Crippen molar-refractivity contribution >= 4 is 28.1 Å². The quantitative estimate of drug-likeness (QED) is 0.310. The van der Waals surface area contributed by atoms with Gasteiger partial charge in [0.2, 0.25) is 0 Å². The zero-order chi connectivity index (χ0) is 34.1. The van der Waals surface area contributed by atoms with Gasteiger partial charge in [0.05, 0.1) is 25.3 Å². The Balaban J connectivity index is 0.000000185. The molecule has 0 spiro atoms. The highest BCUT2D eigenvalue weighted by Crippen LogP contribution is 2.41. The fraction of sp³-hybridized carbons (Fsp3) is 0.611. The summed E-state index contributed by atoms with van der Waals surface area (Å²) in [6.45, 7) is 13.4. The van der Waals surface area contributed by atoms with E-state index in [4.69, 9.17) is 18.9 Å². The van der Waals surface area contributed by atoms with Crippen LogP contribution in [0.4, 0.5) is 18.4 Å². The third kappa shape index (κ3) is 8.28. The number of benzene rings is 2. The highest BCUT2D eigenvalue weighted by Gasteiger charge is 2.43. The van der Waals surface area contributed by atoms with Crippen LogP contribution in [0.1, 0.15) is 102 Å².